The van der Waals surface area contributed by atoms with Gasteiger partial charge in [-0.25, -0.2) is 0 Å². The van der Waals surface area contributed by atoms with E-state index in [1.807, 2.05) is 13.8 Å². The molecule has 8 N–H and O–H groups in total. The third-order valence-corrected chi connectivity index (χ3v) is 5.77. The van der Waals surface area contributed by atoms with Crippen molar-refractivity contribution < 1.29 is 59.8 Å². The summed E-state index contributed by atoms with van der Waals surface area (Å²) < 4.78 is 22.0. The normalized spacial score (nSPS) is 41.7. The van der Waals surface area contributed by atoms with Crippen LogP contribution in [0.2, 0.25) is 0 Å². The van der Waals surface area contributed by atoms with E-state index in [1.54, 1.807) is 0 Å². The second-order valence-electron chi connectivity index (χ2n) is 8.79. The minimum absolute atomic E-state index is 0.0133. The molecule has 2 fully saturated rings. The third kappa shape index (κ3) is 7.01. The smallest absolute Gasteiger partial charge is 0.187 e. The fourth-order valence-electron chi connectivity index (χ4n) is 3.66. The first-order valence-electron chi connectivity index (χ1n) is 11.0. The van der Waals surface area contributed by atoms with Crippen LogP contribution in [-0.4, -0.2) is 128 Å². The van der Waals surface area contributed by atoms with Crippen molar-refractivity contribution >= 4 is 0 Å². The van der Waals surface area contributed by atoms with E-state index in [0.29, 0.717) is 12.3 Å². The summed E-state index contributed by atoms with van der Waals surface area (Å²) in [6, 6.07) is 0. The minimum atomic E-state index is -1.73. The van der Waals surface area contributed by atoms with E-state index in [2.05, 4.69) is 0 Å². The van der Waals surface area contributed by atoms with E-state index in [-0.39, 0.29) is 13.0 Å². The molecular weight excluding hydrogens is 432 g/mol. The van der Waals surface area contributed by atoms with Gasteiger partial charge in [-0.05, 0) is 25.2 Å². The average Bonchev–Trinajstić information content (AvgIpc) is 2.76. The monoisotopic (exact) mass is 470 g/mol. The van der Waals surface area contributed by atoms with E-state index in [9.17, 15) is 40.9 Å². The maximum atomic E-state index is 10.5. The summed E-state index contributed by atoms with van der Waals surface area (Å²) in [5.41, 5.74) is 0. The van der Waals surface area contributed by atoms with Gasteiger partial charge in [0.25, 0.3) is 0 Å². The predicted molar refractivity (Wildman–Crippen MR) is 107 cm³/mol. The van der Waals surface area contributed by atoms with Crippen LogP contribution >= 0.6 is 0 Å². The van der Waals surface area contributed by atoms with Crippen LogP contribution in [0, 0.1) is 5.92 Å². The van der Waals surface area contributed by atoms with Crippen molar-refractivity contribution in [3.05, 3.63) is 0 Å². The van der Waals surface area contributed by atoms with Crippen LogP contribution in [0.25, 0.3) is 0 Å². The Kier molecular flexibility index (Phi) is 11.1. The molecule has 0 amide bonds. The molecule has 0 saturated carbocycles. The molecule has 2 heterocycles. The zero-order chi connectivity index (χ0) is 24.0. The van der Waals surface area contributed by atoms with E-state index < -0.39 is 80.7 Å². The van der Waals surface area contributed by atoms with Gasteiger partial charge < -0.3 is 59.8 Å². The maximum Gasteiger partial charge on any atom is 0.187 e. The van der Waals surface area contributed by atoms with Crippen molar-refractivity contribution in [2.75, 3.05) is 19.8 Å². The Balaban J connectivity index is 2.05. The predicted octanol–water partition coefficient (Wildman–Crippen LogP) is -3.19. The van der Waals surface area contributed by atoms with Gasteiger partial charge in [-0.15, -0.1) is 0 Å². The number of rotatable bonds is 11. The Hall–Kier alpha value is -0.480. The summed E-state index contributed by atoms with van der Waals surface area (Å²) in [6.45, 7) is 2.82. The highest BCUT2D eigenvalue weighted by atomic mass is 16.8. The molecule has 2 aliphatic rings. The zero-order valence-corrected chi connectivity index (χ0v) is 18.4. The highest BCUT2D eigenvalue weighted by Crippen LogP contribution is 2.29. The summed E-state index contributed by atoms with van der Waals surface area (Å²) in [5, 5.41) is 79.6. The molecule has 32 heavy (non-hydrogen) atoms. The van der Waals surface area contributed by atoms with Crippen LogP contribution in [0.5, 0.6) is 0 Å². The molecular formula is C20H38O12. The lowest BCUT2D eigenvalue weighted by Gasteiger charge is -2.46. The summed E-state index contributed by atoms with van der Waals surface area (Å²) >= 11 is 0. The SMILES string of the molecule is CC(C)CC[C@H](O)CCO[C@@H]1O[C@H](CO)[C@@H](O)[C@H](O)[C@H]1O[C@@H]1O[C@H](CO)[C@@H](O)[C@H](O)[C@H]1O. The number of hydrogen-bond donors (Lipinski definition) is 8. The second kappa shape index (κ2) is 12.8. The molecule has 0 bridgehead atoms. The first kappa shape index (κ1) is 27.8. The Labute approximate surface area is 186 Å². The molecule has 0 spiro atoms. The Morgan fingerprint density at radius 1 is 0.719 bits per heavy atom. The summed E-state index contributed by atoms with van der Waals surface area (Å²) in [4.78, 5) is 0. The average molecular weight is 471 g/mol. The molecule has 2 rings (SSSR count). The zero-order valence-electron chi connectivity index (χ0n) is 18.4. The highest BCUT2D eigenvalue weighted by Gasteiger charge is 2.50. The fourth-order valence-corrected chi connectivity index (χ4v) is 3.66. The molecule has 0 aromatic rings. The van der Waals surface area contributed by atoms with Crippen molar-refractivity contribution in [2.24, 2.45) is 5.92 Å². The lowest BCUT2D eigenvalue weighted by Crippen LogP contribution is -2.64. The Morgan fingerprint density at radius 3 is 1.84 bits per heavy atom. The van der Waals surface area contributed by atoms with E-state index in [4.69, 9.17) is 18.9 Å². The van der Waals surface area contributed by atoms with Crippen LogP contribution in [0.4, 0.5) is 0 Å². The summed E-state index contributed by atoms with van der Waals surface area (Å²) in [6.07, 6.45) is -13.8. The second-order valence-corrected chi connectivity index (χ2v) is 8.79. The van der Waals surface area contributed by atoms with Gasteiger partial charge in [0.2, 0.25) is 0 Å². The van der Waals surface area contributed by atoms with Crippen LogP contribution < -0.4 is 0 Å². The van der Waals surface area contributed by atoms with Gasteiger partial charge in [0.1, 0.15) is 48.8 Å². The fraction of sp³-hybridized carbons (Fsp3) is 1.00. The molecule has 12 nitrogen and oxygen atoms in total. The standard InChI is InChI=1S/C20H38O12/c1-9(2)3-4-10(23)5-6-29-20-18(16(27)14(25)12(8-22)31-20)32-19-17(28)15(26)13(24)11(7-21)30-19/h9-28H,3-8H2,1-2H3/t10-,11+,12+,13+,14+,15-,16-,17+,18+,19-,20+/m0/s1. The van der Waals surface area contributed by atoms with Crippen LogP contribution in [0.1, 0.15) is 33.1 Å². The number of aliphatic hydroxyl groups excluding tert-OH is 8. The molecule has 0 aliphatic carbocycles. The van der Waals surface area contributed by atoms with Gasteiger partial charge in [0, 0.05) is 0 Å². The first-order chi connectivity index (χ1) is 15.1. The van der Waals surface area contributed by atoms with Gasteiger partial charge in [0.05, 0.1) is 25.9 Å². The topological polar surface area (TPSA) is 199 Å². The van der Waals surface area contributed by atoms with E-state index >= 15 is 0 Å². The van der Waals surface area contributed by atoms with Crippen molar-refractivity contribution in [1.29, 1.82) is 0 Å². The lowest BCUT2D eigenvalue weighted by atomic mass is 9.97. The molecule has 190 valence electrons. The first-order valence-corrected chi connectivity index (χ1v) is 11.0. The van der Waals surface area contributed by atoms with Crippen molar-refractivity contribution in [2.45, 2.75) is 101 Å². The summed E-state index contributed by atoms with van der Waals surface area (Å²) in [5.74, 6) is 0.436. The number of aliphatic hydroxyl groups is 8. The van der Waals surface area contributed by atoms with Gasteiger partial charge in [0.15, 0.2) is 12.6 Å². The quantitative estimate of drug-likeness (QED) is 0.151. The number of ether oxygens (including phenoxy) is 4. The minimum Gasteiger partial charge on any atom is -0.394 e. The largest absolute Gasteiger partial charge is 0.394 e. The highest BCUT2D eigenvalue weighted by molar-refractivity contribution is 4.93. The van der Waals surface area contributed by atoms with Crippen molar-refractivity contribution in [3.8, 4) is 0 Å². The van der Waals surface area contributed by atoms with Gasteiger partial charge in [-0.2, -0.15) is 0 Å². The maximum absolute atomic E-state index is 10.5. The molecule has 12 heteroatoms. The Morgan fingerprint density at radius 2 is 1.28 bits per heavy atom. The van der Waals surface area contributed by atoms with Gasteiger partial charge in [-0.1, -0.05) is 13.8 Å². The molecule has 11 atom stereocenters. The Bertz CT molecular complexity index is 535. The molecule has 2 saturated heterocycles. The third-order valence-electron chi connectivity index (χ3n) is 5.77. The molecule has 0 aromatic carbocycles. The number of hydrogen-bond acceptors (Lipinski definition) is 12. The lowest BCUT2D eigenvalue weighted by molar-refractivity contribution is -0.367. The van der Waals surface area contributed by atoms with Crippen LogP contribution in [0.15, 0.2) is 0 Å². The van der Waals surface area contributed by atoms with E-state index in [1.165, 1.54) is 0 Å². The van der Waals surface area contributed by atoms with Crippen molar-refractivity contribution in [1.82, 2.24) is 0 Å². The molecule has 2 aliphatic heterocycles. The van der Waals surface area contributed by atoms with E-state index in [0.717, 1.165) is 6.42 Å². The molecule has 0 radical (unpaired) electrons. The van der Waals surface area contributed by atoms with Crippen LogP contribution in [0.3, 0.4) is 0 Å². The van der Waals surface area contributed by atoms with Crippen molar-refractivity contribution in [3.63, 3.8) is 0 Å². The molecule has 0 aromatic heterocycles. The van der Waals surface area contributed by atoms with Crippen LogP contribution in [-0.2, 0) is 18.9 Å². The van der Waals surface area contributed by atoms with Gasteiger partial charge in [-0.3, -0.25) is 0 Å². The summed E-state index contributed by atoms with van der Waals surface area (Å²) in [7, 11) is 0. The molecule has 0 unspecified atom stereocenters. The van der Waals surface area contributed by atoms with Gasteiger partial charge >= 0.3 is 0 Å².